The van der Waals surface area contributed by atoms with Crippen molar-refractivity contribution in [3.8, 4) is 22.8 Å². The summed E-state index contributed by atoms with van der Waals surface area (Å²) in [6.45, 7) is -0.804. The summed E-state index contributed by atoms with van der Waals surface area (Å²) in [6.07, 6.45) is 3.41. The normalized spacial score (nSPS) is 11.1. The number of aromatic nitrogens is 3. The predicted octanol–water partition coefficient (Wildman–Crippen LogP) is 2.74. The van der Waals surface area contributed by atoms with Gasteiger partial charge in [-0.25, -0.2) is 9.78 Å². The molecule has 0 spiro atoms. The Morgan fingerprint density at radius 3 is 2.69 bits per heavy atom. The van der Waals surface area contributed by atoms with Crippen molar-refractivity contribution in [1.29, 1.82) is 0 Å². The maximum Gasteiger partial charge on any atom is 0.341 e. The molecule has 0 atom stereocenters. The molecular formula is C20H17N3O6. The van der Waals surface area contributed by atoms with Gasteiger partial charge in [-0.05, 0) is 24.3 Å². The lowest BCUT2D eigenvalue weighted by Gasteiger charge is -2.11. The van der Waals surface area contributed by atoms with Crippen LogP contribution in [0.2, 0.25) is 0 Å². The second kappa shape index (κ2) is 7.19. The molecule has 29 heavy (non-hydrogen) atoms. The van der Waals surface area contributed by atoms with Crippen LogP contribution >= 0.6 is 0 Å². The van der Waals surface area contributed by atoms with E-state index in [9.17, 15) is 14.7 Å². The van der Waals surface area contributed by atoms with Crippen molar-refractivity contribution >= 4 is 33.9 Å². The number of nitrogens with one attached hydrogen (secondary N) is 1. The number of hydrogen-bond donors (Lipinski definition) is 3. The fraction of sp³-hybridized carbons (Fsp3) is 0.150. The van der Waals surface area contributed by atoms with Gasteiger partial charge >= 0.3 is 11.9 Å². The van der Waals surface area contributed by atoms with Crippen LogP contribution in [-0.2, 0) is 16.1 Å². The Balaban J connectivity index is 1.92. The number of hydrogen-bond acceptors (Lipinski definition) is 5. The lowest BCUT2D eigenvalue weighted by atomic mass is 10.1. The van der Waals surface area contributed by atoms with Gasteiger partial charge < -0.3 is 29.2 Å². The number of carboxylic acids is 2. The van der Waals surface area contributed by atoms with Crippen molar-refractivity contribution in [2.24, 2.45) is 0 Å². The van der Waals surface area contributed by atoms with Crippen LogP contribution in [0.4, 0.5) is 0 Å². The van der Waals surface area contributed by atoms with Gasteiger partial charge in [-0.1, -0.05) is 0 Å². The van der Waals surface area contributed by atoms with E-state index in [0.29, 0.717) is 11.3 Å². The van der Waals surface area contributed by atoms with Gasteiger partial charge in [-0.15, -0.1) is 0 Å². The van der Waals surface area contributed by atoms with Gasteiger partial charge in [0.1, 0.15) is 12.2 Å². The Bertz CT molecular complexity index is 1210. The van der Waals surface area contributed by atoms with Crippen LogP contribution in [-0.4, -0.2) is 50.4 Å². The predicted molar refractivity (Wildman–Crippen MR) is 104 cm³/mol. The number of H-pyrrole nitrogens is 1. The third-order valence-corrected chi connectivity index (χ3v) is 4.51. The van der Waals surface area contributed by atoms with Gasteiger partial charge in [0.15, 0.2) is 18.1 Å². The van der Waals surface area contributed by atoms with Gasteiger partial charge in [0.2, 0.25) is 0 Å². The zero-order chi connectivity index (χ0) is 20.5. The number of aliphatic carboxylic acids is 2. The molecule has 0 aliphatic rings. The van der Waals surface area contributed by atoms with E-state index in [2.05, 4.69) is 9.97 Å². The number of carbonyl (C=O) groups is 2. The van der Waals surface area contributed by atoms with Gasteiger partial charge in [-0.3, -0.25) is 4.79 Å². The minimum atomic E-state index is -1.13. The number of pyridine rings is 1. The Morgan fingerprint density at radius 2 is 2.00 bits per heavy atom. The first-order chi connectivity index (χ1) is 14.0. The fourth-order valence-corrected chi connectivity index (χ4v) is 3.30. The quantitative estimate of drug-likeness (QED) is 0.439. The van der Waals surface area contributed by atoms with Crippen LogP contribution in [0.5, 0.6) is 11.5 Å². The molecule has 0 saturated carbocycles. The maximum atomic E-state index is 11.3. The Morgan fingerprint density at radius 1 is 1.17 bits per heavy atom. The molecule has 0 aliphatic heterocycles. The zero-order valence-corrected chi connectivity index (χ0v) is 15.4. The number of rotatable bonds is 7. The fourth-order valence-electron chi connectivity index (χ4n) is 3.30. The first-order valence-electron chi connectivity index (χ1n) is 8.67. The Labute approximate surface area is 164 Å². The van der Waals surface area contributed by atoms with E-state index in [4.69, 9.17) is 14.6 Å². The summed E-state index contributed by atoms with van der Waals surface area (Å²) in [5.41, 5.74) is 2.83. The maximum absolute atomic E-state index is 11.3. The molecule has 4 aromatic rings. The Kier molecular flexibility index (Phi) is 4.55. The lowest BCUT2D eigenvalue weighted by molar-refractivity contribution is -0.139. The van der Waals surface area contributed by atoms with E-state index in [1.807, 2.05) is 18.2 Å². The summed E-state index contributed by atoms with van der Waals surface area (Å²) in [5.74, 6) is -1.56. The monoisotopic (exact) mass is 395 g/mol. The summed E-state index contributed by atoms with van der Waals surface area (Å²) in [5, 5.41) is 19.8. The van der Waals surface area contributed by atoms with Crippen molar-refractivity contribution in [1.82, 2.24) is 14.5 Å². The number of carboxylic acid groups (broad SMARTS) is 2. The van der Waals surface area contributed by atoms with E-state index >= 15 is 0 Å². The van der Waals surface area contributed by atoms with Crippen LogP contribution < -0.4 is 9.47 Å². The highest BCUT2D eigenvalue weighted by molar-refractivity contribution is 5.99. The third kappa shape index (κ3) is 3.45. The molecule has 0 unspecified atom stereocenters. The molecule has 1 aromatic carbocycles. The van der Waals surface area contributed by atoms with E-state index < -0.39 is 18.5 Å². The average Bonchev–Trinajstić information content (AvgIpc) is 3.26. The van der Waals surface area contributed by atoms with Crippen molar-refractivity contribution < 1.29 is 29.3 Å². The number of nitrogens with zero attached hydrogens (tertiary/aromatic N) is 2. The molecule has 0 radical (unpaired) electrons. The molecule has 4 rings (SSSR count). The van der Waals surface area contributed by atoms with Crippen molar-refractivity contribution in [2.45, 2.75) is 6.54 Å². The van der Waals surface area contributed by atoms with Crippen LogP contribution in [0, 0.1) is 0 Å². The smallest absolute Gasteiger partial charge is 0.341 e. The number of fused-ring (bicyclic) bond motifs is 2. The zero-order valence-electron chi connectivity index (χ0n) is 15.4. The molecule has 9 nitrogen and oxygen atoms in total. The first kappa shape index (κ1) is 18.4. The molecule has 3 heterocycles. The molecule has 3 aromatic heterocycles. The van der Waals surface area contributed by atoms with E-state index in [1.165, 1.54) is 7.11 Å². The number of methoxy groups -OCH3 is 1. The summed E-state index contributed by atoms with van der Waals surface area (Å²) >= 11 is 0. The van der Waals surface area contributed by atoms with Gasteiger partial charge in [0.05, 0.1) is 12.6 Å². The van der Waals surface area contributed by atoms with Crippen LogP contribution in [0.25, 0.3) is 33.2 Å². The van der Waals surface area contributed by atoms with Crippen LogP contribution in [0.15, 0.2) is 42.7 Å². The summed E-state index contributed by atoms with van der Waals surface area (Å²) in [4.78, 5) is 29.7. The van der Waals surface area contributed by atoms with Crippen molar-refractivity contribution in [3.05, 3.63) is 42.7 Å². The molecule has 9 heteroatoms. The molecule has 0 bridgehead atoms. The van der Waals surface area contributed by atoms with Crippen LogP contribution in [0.1, 0.15) is 0 Å². The summed E-state index contributed by atoms with van der Waals surface area (Å²) < 4.78 is 12.2. The number of aromatic amines is 1. The first-order valence-corrected chi connectivity index (χ1v) is 8.67. The van der Waals surface area contributed by atoms with Crippen LogP contribution in [0.3, 0.4) is 0 Å². The standard InChI is InChI=1S/C20H17N3O6/c1-28-16-6-12-13(14-5-11-3-2-4-21-20(11)22-14)8-23(9-18(24)25)15(12)7-17(16)29-10-19(26)27/h2-8H,9-10H2,1H3,(H,21,22)(H,24,25)(H,26,27). The Hall–Kier alpha value is -4.01. The topological polar surface area (TPSA) is 127 Å². The molecule has 0 saturated heterocycles. The third-order valence-electron chi connectivity index (χ3n) is 4.51. The summed E-state index contributed by atoms with van der Waals surface area (Å²) in [6, 6.07) is 8.99. The molecule has 148 valence electrons. The van der Waals surface area contributed by atoms with Crippen molar-refractivity contribution in [2.75, 3.05) is 13.7 Å². The highest BCUT2D eigenvalue weighted by Crippen LogP contribution is 2.39. The largest absolute Gasteiger partial charge is 0.493 e. The second-order valence-corrected chi connectivity index (χ2v) is 6.39. The van der Waals surface area contributed by atoms with Gasteiger partial charge in [-0.2, -0.15) is 0 Å². The van der Waals surface area contributed by atoms with Gasteiger partial charge in [0, 0.05) is 40.5 Å². The lowest BCUT2D eigenvalue weighted by Crippen LogP contribution is -2.10. The molecule has 0 fully saturated rings. The van der Waals surface area contributed by atoms with Gasteiger partial charge in [0.25, 0.3) is 0 Å². The molecule has 0 aliphatic carbocycles. The minimum Gasteiger partial charge on any atom is -0.493 e. The molecule has 3 N–H and O–H groups in total. The van der Waals surface area contributed by atoms with E-state index in [1.54, 1.807) is 29.1 Å². The summed E-state index contributed by atoms with van der Waals surface area (Å²) in [7, 11) is 1.45. The SMILES string of the molecule is COc1cc2c(-c3cc4cccnc4[nH]3)cn(CC(=O)O)c2cc1OCC(=O)O. The second-order valence-electron chi connectivity index (χ2n) is 6.39. The average molecular weight is 395 g/mol. The number of ether oxygens (including phenoxy) is 2. The number of benzene rings is 1. The molecular weight excluding hydrogens is 378 g/mol. The molecule has 0 amide bonds. The van der Waals surface area contributed by atoms with Crippen molar-refractivity contribution in [3.63, 3.8) is 0 Å². The minimum absolute atomic E-state index is 0.219. The van der Waals surface area contributed by atoms with E-state index in [0.717, 1.165) is 27.7 Å². The highest BCUT2D eigenvalue weighted by atomic mass is 16.5. The highest BCUT2D eigenvalue weighted by Gasteiger charge is 2.18. The van der Waals surface area contributed by atoms with E-state index in [-0.39, 0.29) is 12.3 Å².